The molecule has 118 valence electrons. The van der Waals surface area contributed by atoms with Crippen molar-refractivity contribution in [1.29, 1.82) is 0 Å². The first kappa shape index (κ1) is 16.1. The van der Waals surface area contributed by atoms with Crippen LogP contribution in [0.15, 0.2) is 23.1 Å². The molecular weight excluding hydrogens is 290 g/mol. The predicted octanol–water partition coefficient (Wildman–Crippen LogP) is 1.04. The first-order valence-corrected chi connectivity index (χ1v) is 8.64. The van der Waals surface area contributed by atoms with E-state index in [1.807, 2.05) is 14.0 Å². The van der Waals surface area contributed by atoms with E-state index in [2.05, 4.69) is 9.62 Å². The monoisotopic (exact) mass is 313 g/mol. The minimum atomic E-state index is -3.63. The van der Waals surface area contributed by atoms with Gasteiger partial charge in [-0.3, -0.25) is 0 Å². The van der Waals surface area contributed by atoms with Crippen LogP contribution in [-0.4, -0.2) is 46.1 Å². The molecule has 7 heteroatoms. The summed E-state index contributed by atoms with van der Waals surface area (Å²) in [4.78, 5) is 2.31. The van der Waals surface area contributed by atoms with Crippen molar-refractivity contribution < 1.29 is 13.2 Å². The second kappa shape index (κ2) is 6.64. The van der Waals surface area contributed by atoms with Crippen LogP contribution in [0.25, 0.3) is 0 Å². The lowest BCUT2D eigenvalue weighted by Crippen LogP contribution is -2.43. The summed E-state index contributed by atoms with van der Waals surface area (Å²) in [5, 5.41) is 0. The summed E-state index contributed by atoms with van der Waals surface area (Å²) in [7, 11) is -1.59. The molecule has 0 amide bonds. The topological polar surface area (TPSA) is 84.7 Å². The molecule has 0 aliphatic carbocycles. The van der Waals surface area contributed by atoms with Crippen molar-refractivity contribution in [3.05, 3.63) is 18.2 Å². The Morgan fingerprint density at radius 2 is 2.05 bits per heavy atom. The molecule has 0 atom stereocenters. The van der Waals surface area contributed by atoms with E-state index in [0.29, 0.717) is 18.0 Å². The molecule has 0 saturated carbocycles. The fraction of sp³-hybridized carbons (Fsp3) is 0.571. The van der Waals surface area contributed by atoms with Crippen molar-refractivity contribution in [2.24, 2.45) is 0 Å². The summed E-state index contributed by atoms with van der Waals surface area (Å²) in [6.07, 6.45) is 1.62. The van der Waals surface area contributed by atoms with Gasteiger partial charge >= 0.3 is 0 Å². The number of nitrogen functional groups attached to an aromatic ring is 1. The fourth-order valence-electron chi connectivity index (χ4n) is 2.42. The normalized spacial score (nSPS) is 17.8. The number of benzene rings is 1. The van der Waals surface area contributed by atoms with Gasteiger partial charge in [-0.25, -0.2) is 13.1 Å². The van der Waals surface area contributed by atoms with Gasteiger partial charge in [0.1, 0.15) is 10.6 Å². The van der Waals surface area contributed by atoms with Gasteiger partial charge in [0.25, 0.3) is 0 Å². The molecule has 0 unspecified atom stereocenters. The van der Waals surface area contributed by atoms with Crippen LogP contribution in [0.3, 0.4) is 0 Å². The van der Waals surface area contributed by atoms with Gasteiger partial charge in [-0.15, -0.1) is 0 Å². The zero-order valence-corrected chi connectivity index (χ0v) is 13.3. The quantitative estimate of drug-likeness (QED) is 0.794. The molecule has 1 aromatic carbocycles. The van der Waals surface area contributed by atoms with Crippen LogP contribution in [0, 0.1) is 0 Å². The van der Waals surface area contributed by atoms with Crippen LogP contribution < -0.4 is 15.2 Å². The minimum absolute atomic E-state index is 0.0397. The number of nitrogens with one attached hydrogen (secondary N) is 1. The number of anilines is 1. The lowest BCUT2D eigenvalue weighted by atomic mass is 10.1. The van der Waals surface area contributed by atoms with Crippen molar-refractivity contribution in [1.82, 2.24) is 9.62 Å². The SMILES string of the molecule is CCOc1ccc(N)cc1S(=O)(=O)NC1CCN(C)CC1. The van der Waals surface area contributed by atoms with E-state index in [0.717, 1.165) is 25.9 Å². The number of rotatable bonds is 5. The van der Waals surface area contributed by atoms with Crippen LogP contribution in [0.4, 0.5) is 5.69 Å². The van der Waals surface area contributed by atoms with Gasteiger partial charge in [-0.05, 0) is 58.1 Å². The summed E-state index contributed by atoms with van der Waals surface area (Å²) >= 11 is 0. The number of sulfonamides is 1. The number of nitrogens with zero attached hydrogens (tertiary/aromatic N) is 1. The first-order chi connectivity index (χ1) is 9.92. The molecule has 1 aliphatic rings. The number of likely N-dealkylation sites (tertiary alicyclic amines) is 1. The fourth-order valence-corrected chi connectivity index (χ4v) is 3.90. The number of nitrogens with two attached hydrogens (primary N) is 1. The average molecular weight is 313 g/mol. The Bertz CT molecular complexity index is 581. The van der Waals surface area contributed by atoms with Gasteiger partial charge in [0, 0.05) is 11.7 Å². The molecule has 0 radical (unpaired) electrons. The number of hydrogen-bond donors (Lipinski definition) is 2. The lowest BCUT2D eigenvalue weighted by Gasteiger charge is -2.29. The van der Waals surface area contributed by atoms with Crippen LogP contribution in [0.1, 0.15) is 19.8 Å². The average Bonchev–Trinajstić information content (AvgIpc) is 2.43. The molecule has 0 aromatic heterocycles. The van der Waals surface area contributed by atoms with Crippen molar-refractivity contribution in [3.8, 4) is 5.75 Å². The molecule has 0 spiro atoms. The van der Waals surface area contributed by atoms with Crippen molar-refractivity contribution in [2.75, 3.05) is 32.5 Å². The molecule has 1 fully saturated rings. The van der Waals surface area contributed by atoms with E-state index < -0.39 is 10.0 Å². The van der Waals surface area contributed by atoms with E-state index in [4.69, 9.17) is 10.5 Å². The van der Waals surface area contributed by atoms with Gasteiger partial charge < -0.3 is 15.4 Å². The summed E-state index contributed by atoms with van der Waals surface area (Å²) in [5.41, 5.74) is 6.12. The van der Waals surface area contributed by atoms with Crippen LogP contribution in [0.2, 0.25) is 0 Å². The highest BCUT2D eigenvalue weighted by Gasteiger charge is 2.26. The lowest BCUT2D eigenvalue weighted by molar-refractivity contribution is 0.248. The van der Waals surface area contributed by atoms with Crippen LogP contribution in [-0.2, 0) is 10.0 Å². The Labute approximate surface area is 126 Å². The second-order valence-electron chi connectivity index (χ2n) is 5.34. The van der Waals surface area contributed by atoms with E-state index in [9.17, 15) is 8.42 Å². The van der Waals surface area contributed by atoms with Crippen molar-refractivity contribution in [2.45, 2.75) is 30.7 Å². The van der Waals surface area contributed by atoms with Crippen molar-refractivity contribution in [3.63, 3.8) is 0 Å². The molecule has 21 heavy (non-hydrogen) atoms. The highest BCUT2D eigenvalue weighted by atomic mass is 32.2. The first-order valence-electron chi connectivity index (χ1n) is 7.15. The molecule has 1 aromatic rings. The largest absolute Gasteiger partial charge is 0.492 e. The Hall–Kier alpha value is -1.31. The van der Waals surface area contributed by atoms with Gasteiger partial charge in [0.05, 0.1) is 6.61 Å². The van der Waals surface area contributed by atoms with Gasteiger partial charge in [-0.2, -0.15) is 0 Å². The molecule has 0 bridgehead atoms. The van der Waals surface area contributed by atoms with Gasteiger partial charge in [0.2, 0.25) is 10.0 Å². The maximum Gasteiger partial charge on any atom is 0.244 e. The standard InChI is InChI=1S/C14H23N3O3S/c1-3-20-13-5-4-11(15)10-14(13)21(18,19)16-12-6-8-17(2)9-7-12/h4-5,10,12,16H,3,6-9,15H2,1-2H3. The summed E-state index contributed by atoms with van der Waals surface area (Å²) < 4.78 is 33.3. The highest BCUT2D eigenvalue weighted by Crippen LogP contribution is 2.27. The molecule has 2 rings (SSSR count). The zero-order chi connectivity index (χ0) is 15.5. The molecule has 3 N–H and O–H groups in total. The third-order valence-corrected chi connectivity index (χ3v) is 5.14. The summed E-state index contributed by atoms with van der Waals surface area (Å²) in [5.74, 6) is 0.340. The second-order valence-corrected chi connectivity index (χ2v) is 7.02. The van der Waals surface area contributed by atoms with Crippen LogP contribution >= 0.6 is 0 Å². The third-order valence-electron chi connectivity index (χ3n) is 3.60. The van der Waals surface area contributed by atoms with Gasteiger partial charge in [-0.1, -0.05) is 0 Å². The predicted molar refractivity (Wildman–Crippen MR) is 82.9 cm³/mol. The number of hydrogen-bond acceptors (Lipinski definition) is 5. The Morgan fingerprint density at radius 3 is 2.67 bits per heavy atom. The smallest absolute Gasteiger partial charge is 0.244 e. The van der Waals surface area contributed by atoms with E-state index in [1.54, 1.807) is 12.1 Å². The minimum Gasteiger partial charge on any atom is -0.492 e. The highest BCUT2D eigenvalue weighted by molar-refractivity contribution is 7.89. The number of ether oxygens (including phenoxy) is 1. The van der Waals surface area contributed by atoms with E-state index in [-0.39, 0.29) is 10.9 Å². The molecule has 1 heterocycles. The maximum atomic E-state index is 12.6. The Kier molecular flexibility index (Phi) is 5.08. The molecule has 1 saturated heterocycles. The number of piperidine rings is 1. The zero-order valence-electron chi connectivity index (χ0n) is 12.5. The summed E-state index contributed by atoms with van der Waals surface area (Å²) in [6, 6.07) is 4.64. The third kappa shape index (κ3) is 4.09. The van der Waals surface area contributed by atoms with Crippen LogP contribution in [0.5, 0.6) is 5.75 Å². The molecular formula is C14H23N3O3S. The van der Waals surface area contributed by atoms with Gasteiger partial charge in [0.15, 0.2) is 0 Å². The van der Waals surface area contributed by atoms with Crippen molar-refractivity contribution >= 4 is 15.7 Å². The Morgan fingerprint density at radius 1 is 1.38 bits per heavy atom. The van der Waals surface area contributed by atoms with E-state index in [1.165, 1.54) is 6.07 Å². The maximum absolute atomic E-state index is 12.6. The van der Waals surface area contributed by atoms with E-state index >= 15 is 0 Å². The Balaban J connectivity index is 2.20. The summed E-state index contributed by atoms with van der Waals surface area (Å²) in [6.45, 7) is 4.00. The molecule has 1 aliphatic heterocycles. The molecule has 6 nitrogen and oxygen atoms in total.